The highest BCUT2D eigenvalue weighted by Gasteiger charge is 2.40. The fourth-order valence-corrected chi connectivity index (χ4v) is 2.91. The molecule has 2 heterocycles. The van der Waals surface area contributed by atoms with E-state index in [1.807, 2.05) is 0 Å². The van der Waals surface area contributed by atoms with Crippen LogP contribution in [0.4, 0.5) is 8.78 Å². The van der Waals surface area contributed by atoms with Crippen molar-refractivity contribution in [2.45, 2.75) is 37.8 Å². The maximum Gasteiger partial charge on any atom is 0.264 e. The van der Waals surface area contributed by atoms with Gasteiger partial charge in [0.1, 0.15) is 11.4 Å². The summed E-state index contributed by atoms with van der Waals surface area (Å²) in [5.74, 6) is -0.241. The summed E-state index contributed by atoms with van der Waals surface area (Å²) in [5, 5.41) is 19.3. The van der Waals surface area contributed by atoms with Gasteiger partial charge in [-0.2, -0.15) is 0 Å². The number of nitrogens with zero attached hydrogens (tertiary/aromatic N) is 2. The molecule has 2 aromatic rings. The lowest BCUT2D eigenvalue weighted by atomic mass is 9.77. The molecule has 0 spiro atoms. The van der Waals surface area contributed by atoms with Gasteiger partial charge in [0.05, 0.1) is 11.8 Å². The van der Waals surface area contributed by atoms with E-state index in [9.17, 15) is 23.8 Å². The Balaban J connectivity index is 2.24. The Morgan fingerprint density at radius 3 is 2.67 bits per heavy atom. The predicted molar refractivity (Wildman–Crippen MR) is 71.5 cm³/mol. The standard InChI is InChI=1S/C14H14F2N2O3/c1-14(21)4-7(5-14)18-11(20)3-9(12(15)16)10-2-8(19)6-17-13(10)18/h2-3,6-7,12,19,21H,4-5H2,1H3/t7-,14+. The van der Waals surface area contributed by atoms with E-state index in [1.54, 1.807) is 6.92 Å². The second kappa shape index (κ2) is 4.49. The lowest BCUT2D eigenvalue weighted by molar-refractivity contribution is -0.0507. The van der Waals surface area contributed by atoms with Crippen LogP contribution in [0.5, 0.6) is 5.75 Å². The molecule has 3 rings (SSSR count). The van der Waals surface area contributed by atoms with Crippen molar-refractivity contribution in [2.24, 2.45) is 0 Å². The minimum Gasteiger partial charge on any atom is -0.506 e. The van der Waals surface area contributed by atoms with E-state index in [4.69, 9.17) is 0 Å². The van der Waals surface area contributed by atoms with Crippen LogP contribution < -0.4 is 5.56 Å². The van der Waals surface area contributed by atoms with Crippen molar-refractivity contribution in [1.82, 2.24) is 9.55 Å². The van der Waals surface area contributed by atoms with Gasteiger partial charge in [-0.3, -0.25) is 9.36 Å². The molecule has 0 unspecified atom stereocenters. The first-order chi connectivity index (χ1) is 9.78. The van der Waals surface area contributed by atoms with Crippen LogP contribution in [0.1, 0.15) is 37.8 Å². The summed E-state index contributed by atoms with van der Waals surface area (Å²) in [6, 6.07) is 1.77. The van der Waals surface area contributed by atoms with E-state index in [0.29, 0.717) is 12.8 Å². The Bertz CT molecular complexity index is 763. The first-order valence-corrected chi connectivity index (χ1v) is 6.53. The van der Waals surface area contributed by atoms with Crippen LogP contribution in [-0.2, 0) is 0 Å². The average Bonchev–Trinajstić information content (AvgIpc) is 2.35. The van der Waals surface area contributed by atoms with Crippen molar-refractivity contribution in [1.29, 1.82) is 0 Å². The molecule has 1 aliphatic carbocycles. The fraction of sp³-hybridized carbons (Fsp3) is 0.429. The monoisotopic (exact) mass is 296 g/mol. The maximum atomic E-state index is 13.1. The van der Waals surface area contributed by atoms with E-state index >= 15 is 0 Å². The molecule has 7 heteroatoms. The number of aromatic hydroxyl groups is 1. The van der Waals surface area contributed by atoms with E-state index in [-0.39, 0.29) is 22.8 Å². The smallest absolute Gasteiger partial charge is 0.264 e. The summed E-state index contributed by atoms with van der Waals surface area (Å²) < 4.78 is 27.4. The zero-order chi connectivity index (χ0) is 15.4. The molecular weight excluding hydrogens is 282 g/mol. The Labute approximate surface area is 118 Å². The summed E-state index contributed by atoms with van der Waals surface area (Å²) in [6.45, 7) is 1.66. The second-order valence-electron chi connectivity index (χ2n) is 5.73. The molecule has 0 aromatic carbocycles. The normalized spacial score (nSPS) is 25.3. The van der Waals surface area contributed by atoms with Gasteiger partial charge in [0.2, 0.25) is 0 Å². The van der Waals surface area contributed by atoms with E-state index in [1.165, 1.54) is 10.6 Å². The van der Waals surface area contributed by atoms with Gasteiger partial charge in [-0.15, -0.1) is 0 Å². The SMILES string of the molecule is C[C@]1(O)C[C@@H](n2c(=O)cc(C(F)F)c3cc(O)cnc32)C1. The van der Waals surface area contributed by atoms with Gasteiger partial charge in [0.15, 0.2) is 0 Å². The van der Waals surface area contributed by atoms with Gasteiger partial charge >= 0.3 is 0 Å². The molecule has 0 saturated heterocycles. The molecule has 1 fully saturated rings. The highest BCUT2D eigenvalue weighted by Crippen LogP contribution is 2.41. The van der Waals surface area contributed by atoms with E-state index in [2.05, 4.69) is 4.98 Å². The Morgan fingerprint density at radius 1 is 1.43 bits per heavy atom. The number of rotatable bonds is 2. The Morgan fingerprint density at radius 2 is 2.10 bits per heavy atom. The number of hydrogen-bond donors (Lipinski definition) is 2. The maximum absolute atomic E-state index is 13.1. The summed E-state index contributed by atoms with van der Waals surface area (Å²) in [6.07, 6.45) is -0.996. The second-order valence-corrected chi connectivity index (χ2v) is 5.73. The van der Waals surface area contributed by atoms with Gasteiger partial charge in [-0.25, -0.2) is 13.8 Å². The topological polar surface area (TPSA) is 75.4 Å². The first kappa shape index (κ1) is 13.9. The van der Waals surface area contributed by atoms with Crippen LogP contribution in [0.15, 0.2) is 23.1 Å². The molecule has 0 atom stereocenters. The van der Waals surface area contributed by atoms with Gasteiger partial charge in [-0.05, 0) is 25.8 Å². The zero-order valence-corrected chi connectivity index (χ0v) is 11.3. The molecule has 0 amide bonds. The van der Waals surface area contributed by atoms with Crippen LogP contribution in [0.3, 0.4) is 0 Å². The zero-order valence-electron chi connectivity index (χ0n) is 11.3. The predicted octanol–water partition coefficient (Wildman–Crippen LogP) is 2.13. The summed E-state index contributed by atoms with van der Waals surface area (Å²) in [7, 11) is 0. The van der Waals surface area contributed by atoms with Gasteiger partial charge < -0.3 is 10.2 Å². The minimum atomic E-state index is -2.83. The fourth-order valence-electron chi connectivity index (χ4n) is 2.91. The van der Waals surface area contributed by atoms with Gasteiger partial charge in [0.25, 0.3) is 12.0 Å². The molecule has 0 radical (unpaired) electrons. The number of alkyl halides is 2. The molecule has 1 saturated carbocycles. The van der Waals surface area contributed by atoms with Crippen molar-refractivity contribution in [3.63, 3.8) is 0 Å². The summed E-state index contributed by atoms with van der Waals surface area (Å²) >= 11 is 0. The molecule has 1 aliphatic rings. The average molecular weight is 296 g/mol. The first-order valence-electron chi connectivity index (χ1n) is 6.53. The van der Waals surface area contributed by atoms with Crippen LogP contribution >= 0.6 is 0 Å². The molecule has 0 aliphatic heterocycles. The van der Waals surface area contributed by atoms with Crippen molar-refractivity contribution in [2.75, 3.05) is 0 Å². The molecule has 2 aromatic heterocycles. The van der Waals surface area contributed by atoms with Crippen LogP contribution in [0.25, 0.3) is 11.0 Å². The lowest BCUT2D eigenvalue weighted by Crippen LogP contribution is -2.45. The Hall–Kier alpha value is -2.02. The number of halogens is 2. The minimum absolute atomic E-state index is 0.0520. The third-order valence-corrected chi connectivity index (χ3v) is 3.86. The number of hydrogen-bond acceptors (Lipinski definition) is 4. The molecule has 112 valence electrons. The van der Waals surface area contributed by atoms with Crippen LogP contribution in [0, 0.1) is 0 Å². The molecule has 2 N–H and O–H groups in total. The molecule has 21 heavy (non-hydrogen) atoms. The van der Waals surface area contributed by atoms with Crippen LogP contribution in [-0.4, -0.2) is 25.4 Å². The number of aliphatic hydroxyl groups is 1. The summed E-state index contributed by atoms with van der Waals surface area (Å²) in [4.78, 5) is 16.1. The summed E-state index contributed by atoms with van der Waals surface area (Å²) in [5.41, 5.74) is -1.76. The van der Waals surface area contributed by atoms with Crippen molar-refractivity contribution < 1.29 is 19.0 Å². The molecular formula is C14H14F2N2O3. The van der Waals surface area contributed by atoms with E-state index < -0.39 is 23.1 Å². The van der Waals surface area contributed by atoms with Crippen molar-refractivity contribution >= 4 is 11.0 Å². The molecule has 0 bridgehead atoms. The molecule has 5 nitrogen and oxygen atoms in total. The Kier molecular flexibility index (Phi) is 2.98. The third-order valence-electron chi connectivity index (χ3n) is 3.86. The van der Waals surface area contributed by atoms with Gasteiger partial charge in [0, 0.05) is 23.1 Å². The van der Waals surface area contributed by atoms with Crippen LogP contribution in [0.2, 0.25) is 0 Å². The highest BCUT2D eigenvalue weighted by atomic mass is 19.3. The lowest BCUT2D eigenvalue weighted by Gasteiger charge is -2.42. The number of pyridine rings is 2. The largest absolute Gasteiger partial charge is 0.506 e. The van der Waals surface area contributed by atoms with Crippen molar-refractivity contribution in [3.8, 4) is 5.75 Å². The van der Waals surface area contributed by atoms with E-state index in [0.717, 1.165) is 12.3 Å². The number of aromatic nitrogens is 2. The quantitative estimate of drug-likeness (QED) is 0.890. The highest BCUT2D eigenvalue weighted by molar-refractivity contribution is 5.80. The number of fused-ring (bicyclic) bond motifs is 1. The van der Waals surface area contributed by atoms with Gasteiger partial charge in [-0.1, -0.05) is 0 Å². The van der Waals surface area contributed by atoms with Crippen molar-refractivity contribution in [3.05, 3.63) is 34.2 Å². The third kappa shape index (κ3) is 2.27.